The Morgan fingerprint density at radius 2 is 2.30 bits per heavy atom. The number of amides is 1. The molecule has 2 rings (SSSR count). The van der Waals surface area contributed by atoms with Crippen molar-refractivity contribution in [2.45, 2.75) is 18.9 Å². The molecule has 1 aromatic rings. The number of hydrogen-bond donors (Lipinski definition) is 2. The average molecular weight is 278 g/mol. The van der Waals surface area contributed by atoms with Gasteiger partial charge in [0.05, 0.1) is 12.7 Å². The largest absolute Gasteiger partial charge is 0.377 e. The Balaban J connectivity index is 1.95. The van der Waals surface area contributed by atoms with Crippen molar-refractivity contribution in [2.75, 3.05) is 38.2 Å². The molecule has 0 aromatic carbocycles. The Hall–Kier alpha value is -1.66. The normalized spacial score (nSPS) is 16.2. The van der Waals surface area contributed by atoms with Gasteiger partial charge in [-0.25, -0.2) is 0 Å². The van der Waals surface area contributed by atoms with Gasteiger partial charge in [0.1, 0.15) is 5.69 Å². The number of nitrogens with one attached hydrogen (secondary N) is 1. The molecular formula is C14H22N4O2. The Morgan fingerprint density at radius 1 is 1.55 bits per heavy atom. The smallest absolute Gasteiger partial charge is 0.269 e. The van der Waals surface area contributed by atoms with Crippen LogP contribution in [0, 0.1) is 0 Å². The van der Waals surface area contributed by atoms with Crippen LogP contribution in [0.2, 0.25) is 0 Å². The molecule has 1 amide bonds. The first-order valence-electron chi connectivity index (χ1n) is 6.99. The predicted octanol–water partition coefficient (Wildman–Crippen LogP) is 0.385. The fourth-order valence-corrected chi connectivity index (χ4v) is 2.38. The molecular weight excluding hydrogens is 256 g/mol. The molecule has 1 saturated heterocycles. The first-order chi connectivity index (χ1) is 9.74. The molecule has 0 spiro atoms. The fraction of sp³-hybridized carbons (Fsp3) is 0.571. The van der Waals surface area contributed by atoms with E-state index in [0.717, 1.165) is 31.6 Å². The number of piperidine rings is 1. The molecule has 0 saturated carbocycles. The van der Waals surface area contributed by atoms with Gasteiger partial charge in [-0.2, -0.15) is 0 Å². The molecule has 0 unspecified atom stereocenters. The molecule has 0 aliphatic carbocycles. The number of hydrogen-bond acceptors (Lipinski definition) is 5. The molecule has 1 aliphatic rings. The summed E-state index contributed by atoms with van der Waals surface area (Å²) < 4.78 is 5.67. The van der Waals surface area contributed by atoms with Gasteiger partial charge in [-0.3, -0.25) is 9.78 Å². The third-order valence-corrected chi connectivity index (χ3v) is 3.48. The minimum atomic E-state index is -0.159. The summed E-state index contributed by atoms with van der Waals surface area (Å²) in [5.74, 6) is -0.159. The molecule has 0 atom stereocenters. The van der Waals surface area contributed by atoms with Crippen LogP contribution in [0.4, 0.5) is 5.69 Å². The van der Waals surface area contributed by atoms with Crippen molar-refractivity contribution in [3.63, 3.8) is 0 Å². The van der Waals surface area contributed by atoms with Gasteiger partial charge in [-0.15, -0.1) is 0 Å². The van der Waals surface area contributed by atoms with Crippen LogP contribution in [-0.4, -0.2) is 50.3 Å². The minimum absolute atomic E-state index is 0.159. The quantitative estimate of drug-likeness (QED) is 0.814. The molecule has 6 heteroatoms. The molecule has 6 nitrogen and oxygen atoms in total. The highest BCUT2D eigenvalue weighted by Crippen LogP contribution is 2.21. The summed E-state index contributed by atoms with van der Waals surface area (Å²) >= 11 is 0. The number of nitrogens with two attached hydrogens (primary N) is 1. The van der Waals surface area contributed by atoms with Gasteiger partial charge in [0.2, 0.25) is 0 Å². The topological polar surface area (TPSA) is 80.5 Å². The van der Waals surface area contributed by atoms with Gasteiger partial charge in [-0.05, 0) is 25.0 Å². The molecule has 0 bridgehead atoms. The fourth-order valence-electron chi connectivity index (χ4n) is 2.38. The molecule has 0 radical (unpaired) electrons. The van der Waals surface area contributed by atoms with Crippen LogP contribution in [0.25, 0.3) is 0 Å². The van der Waals surface area contributed by atoms with Gasteiger partial charge in [-0.1, -0.05) is 0 Å². The standard InChI is InChI=1S/C14H22N4O2/c1-16-14(19)13-10-11(2-6-17-13)18-7-3-12(4-8-18)20-9-5-15/h2,6,10,12H,3-5,7-9,15H2,1H3,(H,16,19). The zero-order valence-electron chi connectivity index (χ0n) is 11.8. The van der Waals surface area contributed by atoms with Gasteiger partial charge >= 0.3 is 0 Å². The van der Waals surface area contributed by atoms with Crippen LogP contribution in [-0.2, 0) is 4.74 Å². The zero-order chi connectivity index (χ0) is 14.4. The van der Waals surface area contributed by atoms with E-state index in [-0.39, 0.29) is 5.91 Å². The van der Waals surface area contributed by atoms with Crippen LogP contribution >= 0.6 is 0 Å². The number of nitrogens with zero attached hydrogens (tertiary/aromatic N) is 2. The summed E-state index contributed by atoms with van der Waals surface area (Å²) in [5.41, 5.74) is 6.93. The lowest BCUT2D eigenvalue weighted by molar-refractivity contribution is 0.0422. The number of anilines is 1. The van der Waals surface area contributed by atoms with Crippen molar-refractivity contribution in [2.24, 2.45) is 5.73 Å². The highest BCUT2D eigenvalue weighted by atomic mass is 16.5. The van der Waals surface area contributed by atoms with Crippen LogP contribution in [0.15, 0.2) is 18.3 Å². The summed E-state index contributed by atoms with van der Waals surface area (Å²) in [4.78, 5) is 17.9. The van der Waals surface area contributed by atoms with E-state index < -0.39 is 0 Å². The van der Waals surface area contributed by atoms with Crippen LogP contribution in [0.3, 0.4) is 0 Å². The van der Waals surface area contributed by atoms with E-state index in [2.05, 4.69) is 15.2 Å². The first kappa shape index (κ1) is 14.7. The summed E-state index contributed by atoms with van der Waals surface area (Å²) in [6, 6.07) is 3.77. The van der Waals surface area contributed by atoms with Crippen LogP contribution in [0.1, 0.15) is 23.3 Å². The summed E-state index contributed by atoms with van der Waals surface area (Å²) in [6.07, 6.45) is 3.95. The summed E-state index contributed by atoms with van der Waals surface area (Å²) in [7, 11) is 1.61. The Morgan fingerprint density at radius 3 is 2.95 bits per heavy atom. The highest BCUT2D eigenvalue weighted by molar-refractivity contribution is 5.92. The van der Waals surface area contributed by atoms with Crippen molar-refractivity contribution in [1.29, 1.82) is 0 Å². The summed E-state index contributed by atoms with van der Waals surface area (Å²) in [6.45, 7) is 3.04. The monoisotopic (exact) mass is 278 g/mol. The van der Waals surface area contributed by atoms with Gasteiger partial charge in [0.15, 0.2) is 0 Å². The molecule has 3 N–H and O–H groups in total. The lowest BCUT2D eigenvalue weighted by Crippen LogP contribution is -2.37. The number of rotatable bonds is 5. The number of carbonyl (C=O) groups is 1. The third kappa shape index (κ3) is 3.68. The van der Waals surface area contributed by atoms with Gasteiger partial charge < -0.3 is 20.7 Å². The third-order valence-electron chi connectivity index (χ3n) is 3.48. The second kappa shape index (κ2) is 7.21. The van der Waals surface area contributed by atoms with E-state index in [1.165, 1.54) is 0 Å². The number of carbonyl (C=O) groups excluding carboxylic acids is 1. The zero-order valence-corrected chi connectivity index (χ0v) is 11.8. The molecule has 1 fully saturated rings. The lowest BCUT2D eigenvalue weighted by Gasteiger charge is -2.33. The second-order valence-electron chi connectivity index (χ2n) is 4.82. The van der Waals surface area contributed by atoms with Crippen LogP contribution in [0.5, 0.6) is 0 Å². The van der Waals surface area contributed by atoms with Crippen molar-refractivity contribution in [1.82, 2.24) is 10.3 Å². The molecule has 110 valence electrons. The van der Waals surface area contributed by atoms with Crippen LogP contribution < -0.4 is 16.0 Å². The maximum atomic E-state index is 11.6. The molecule has 1 aliphatic heterocycles. The van der Waals surface area contributed by atoms with E-state index in [9.17, 15) is 4.79 Å². The Bertz CT molecular complexity index is 445. The van der Waals surface area contributed by atoms with E-state index in [1.54, 1.807) is 13.2 Å². The van der Waals surface area contributed by atoms with Crippen molar-refractivity contribution in [3.05, 3.63) is 24.0 Å². The molecule has 1 aromatic heterocycles. The van der Waals surface area contributed by atoms with Gasteiger partial charge in [0, 0.05) is 38.6 Å². The first-order valence-corrected chi connectivity index (χ1v) is 6.99. The van der Waals surface area contributed by atoms with Crippen molar-refractivity contribution in [3.8, 4) is 0 Å². The van der Waals surface area contributed by atoms with Crippen molar-refractivity contribution < 1.29 is 9.53 Å². The van der Waals surface area contributed by atoms with E-state index in [0.29, 0.717) is 24.9 Å². The van der Waals surface area contributed by atoms with E-state index >= 15 is 0 Å². The molecule has 20 heavy (non-hydrogen) atoms. The van der Waals surface area contributed by atoms with Gasteiger partial charge in [0.25, 0.3) is 5.91 Å². The summed E-state index contributed by atoms with van der Waals surface area (Å²) in [5, 5.41) is 2.59. The average Bonchev–Trinajstić information content (AvgIpc) is 2.52. The lowest BCUT2D eigenvalue weighted by atomic mass is 10.1. The SMILES string of the molecule is CNC(=O)c1cc(N2CCC(OCCN)CC2)ccn1. The van der Waals surface area contributed by atoms with E-state index in [1.807, 2.05) is 12.1 Å². The maximum absolute atomic E-state index is 11.6. The maximum Gasteiger partial charge on any atom is 0.269 e. The van der Waals surface area contributed by atoms with Crippen molar-refractivity contribution >= 4 is 11.6 Å². The highest BCUT2D eigenvalue weighted by Gasteiger charge is 2.20. The number of ether oxygens (including phenoxy) is 1. The number of pyridine rings is 1. The Kier molecular flexibility index (Phi) is 5.31. The molecule has 2 heterocycles. The minimum Gasteiger partial charge on any atom is -0.377 e. The second-order valence-corrected chi connectivity index (χ2v) is 4.82. The predicted molar refractivity (Wildman–Crippen MR) is 77.9 cm³/mol. The van der Waals surface area contributed by atoms with E-state index in [4.69, 9.17) is 10.5 Å². The Labute approximate surface area is 119 Å². The number of aromatic nitrogens is 1.